The molecule has 0 saturated heterocycles. The van der Waals surface area contributed by atoms with Gasteiger partial charge in [-0.25, -0.2) is 0 Å². The van der Waals surface area contributed by atoms with Crippen LogP contribution in [0.15, 0.2) is 47.2 Å². The normalized spacial score (nSPS) is 10.7. The Morgan fingerprint density at radius 3 is 2.87 bits per heavy atom. The first-order chi connectivity index (χ1) is 7.43. The van der Waals surface area contributed by atoms with Crippen LogP contribution in [0.25, 0.3) is 22.0 Å². The molecule has 0 aliphatic heterocycles. The molecule has 0 unspecified atom stereocenters. The van der Waals surface area contributed by atoms with Crippen LogP contribution in [0.4, 0.5) is 0 Å². The molecule has 3 heteroatoms. The maximum absolute atomic E-state index is 4.70. The highest BCUT2D eigenvalue weighted by Crippen LogP contribution is 2.21. The van der Waals surface area contributed by atoms with E-state index in [1.54, 1.807) is 0 Å². The van der Waals surface area contributed by atoms with E-state index in [1.165, 1.54) is 6.26 Å². The second-order valence-corrected chi connectivity index (χ2v) is 3.25. The van der Waals surface area contributed by atoms with Crippen molar-refractivity contribution < 1.29 is 4.52 Å². The van der Waals surface area contributed by atoms with Crippen molar-refractivity contribution >= 4 is 10.8 Å². The van der Waals surface area contributed by atoms with Crippen molar-refractivity contribution in [3.63, 3.8) is 0 Å². The number of nitrogens with zero attached hydrogens (tertiary/aromatic N) is 2. The lowest BCUT2D eigenvalue weighted by Crippen LogP contribution is -1.79. The van der Waals surface area contributed by atoms with Crippen molar-refractivity contribution in [2.24, 2.45) is 0 Å². The van der Waals surface area contributed by atoms with Gasteiger partial charge in [0.15, 0.2) is 6.26 Å². The average molecular weight is 195 g/mol. The molecule has 1 aromatic heterocycles. The highest BCUT2D eigenvalue weighted by atomic mass is 16.5. The van der Waals surface area contributed by atoms with Gasteiger partial charge in [-0.3, -0.25) is 0 Å². The lowest BCUT2D eigenvalue weighted by molar-refractivity contribution is 0.393. The predicted octanol–water partition coefficient (Wildman–Crippen LogP) is 2.69. The Labute approximate surface area is 86.3 Å². The van der Waals surface area contributed by atoms with Crippen LogP contribution in [0.5, 0.6) is 0 Å². The molecular formula is C12H7N2O. The van der Waals surface area contributed by atoms with Crippen LogP contribution < -0.4 is 0 Å². The van der Waals surface area contributed by atoms with Crippen LogP contribution in [0, 0.1) is 6.07 Å². The Hall–Kier alpha value is -2.16. The molecule has 0 N–H and O–H groups in total. The van der Waals surface area contributed by atoms with E-state index >= 15 is 0 Å². The maximum Gasteiger partial charge on any atom is 0.152 e. The minimum Gasteiger partial charge on any atom is -0.345 e. The van der Waals surface area contributed by atoms with Gasteiger partial charge >= 0.3 is 0 Å². The molecule has 0 atom stereocenters. The molecule has 0 saturated carbocycles. The predicted molar refractivity (Wildman–Crippen MR) is 56.1 cm³/mol. The van der Waals surface area contributed by atoms with Crippen LogP contribution in [-0.2, 0) is 0 Å². The molecule has 3 aromatic rings. The molecule has 3 nitrogen and oxygen atoms in total. The fourth-order valence-corrected chi connectivity index (χ4v) is 1.55. The zero-order valence-corrected chi connectivity index (χ0v) is 7.84. The van der Waals surface area contributed by atoms with Gasteiger partial charge in [0.2, 0.25) is 0 Å². The summed E-state index contributed by atoms with van der Waals surface area (Å²) in [4.78, 5) is 0. The molecule has 0 aliphatic rings. The Kier molecular flexibility index (Phi) is 1.75. The summed E-state index contributed by atoms with van der Waals surface area (Å²) >= 11 is 0. The summed E-state index contributed by atoms with van der Waals surface area (Å²) in [7, 11) is 0. The summed E-state index contributed by atoms with van der Waals surface area (Å²) in [6, 6.07) is 15.3. The highest BCUT2D eigenvalue weighted by Gasteiger charge is 2.03. The smallest absolute Gasteiger partial charge is 0.152 e. The van der Waals surface area contributed by atoms with Gasteiger partial charge in [0.1, 0.15) is 5.69 Å². The van der Waals surface area contributed by atoms with Crippen LogP contribution in [0.3, 0.4) is 0 Å². The summed E-state index contributed by atoms with van der Waals surface area (Å²) < 4.78 is 4.70. The minimum absolute atomic E-state index is 0.709. The van der Waals surface area contributed by atoms with Gasteiger partial charge in [0.25, 0.3) is 0 Å². The molecule has 2 aromatic carbocycles. The quantitative estimate of drug-likeness (QED) is 0.599. The minimum atomic E-state index is 0.709. The van der Waals surface area contributed by atoms with Crippen molar-refractivity contribution in [3.05, 3.63) is 48.7 Å². The van der Waals surface area contributed by atoms with E-state index in [1.807, 2.05) is 30.3 Å². The maximum atomic E-state index is 4.70. The first-order valence-corrected chi connectivity index (χ1v) is 4.62. The molecule has 0 aliphatic carbocycles. The van der Waals surface area contributed by atoms with Crippen LogP contribution in [0.2, 0.25) is 0 Å². The lowest BCUT2D eigenvalue weighted by atomic mass is 10.1. The third-order valence-electron chi connectivity index (χ3n) is 2.30. The van der Waals surface area contributed by atoms with Crippen LogP contribution >= 0.6 is 0 Å². The van der Waals surface area contributed by atoms with E-state index in [0.717, 1.165) is 16.3 Å². The largest absolute Gasteiger partial charge is 0.345 e. The van der Waals surface area contributed by atoms with Gasteiger partial charge in [-0.15, -0.1) is 5.10 Å². The molecule has 1 heterocycles. The van der Waals surface area contributed by atoms with Crippen LogP contribution in [0.1, 0.15) is 0 Å². The fraction of sp³-hybridized carbons (Fsp3) is 0. The highest BCUT2D eigenvalue weighted by molar-refractivity contribution is 5.85. The standard InChI is InChI=1S/C12H7N2O/c1-2-4-10-7-11(6-5-9(10)3-1)12-8-15-14-13-12/h1-6,8H. The summed E-state index contributed by atoms with van der Waals surface area (Å²) in [5.74, 6) is 0. The van der Waals surface area contributed by atoms with Crippen molar-refractivity contribution in [3.8, 4) is 11.3 Å². The molecule has 0 bridgehead atoms. The lowest BCUT2D eigenvalue weighted by Gasteiger charge is -1.98. The SMILES string of the molecule is [c]1c(-c2conn2)ccc2ccccc12. The fourth-order valence-electron chi connectivity index (χ4n) is 1.55. The Morgan fingerprint density at radius 1 is 1.07 bits per heavy atom. The van der Waals surface area contributed by atoms with Gasteiger partial charge < -0.3 is 4.52 Å². The summed E-state index contributed by atoms with van der Waals surface area (Å²) in [5, 5.41) is 9.51. The number of rotatable bonds is 1. The molecule has 0 amide bonds. The third kappa shape index (κ3) is 1.38. The Bertz CT molecular complexity index is 587. The van der Waals surface area contributed by atoms with Crippen molar-refractivity contribution in [1.82, 2.24) is 10.4 Å². The van der Waals surface area contributed by atoms with E-state index < -0.39 is 0 Å². The Balaban J connectivity index is 2.22. The summed E-state index contributed by atoms with van der Waals surface area (Å²) in [6.07, 6.45) is 1.51. The first kappa shape index (κ1) is 8.17. The molecular weight excluding hydrogens is 188 g/mol. The van der Waals surface area contributed by atoms with Gasteiger partial charge in [0.05, 0.1) is 0 Å². The van der Waals surface area contributed by atoms with Gasteiger partial charge in [-0.05, 0) is 10.8 Å². The number of aromatic nitrogens is 2. The third-order valence-corrected chi connectivity index (χ3v) is 2.30. The number of benzene rings is 2. The first-order valence-electron chi connectivity index (χ1n) is 4.62. The topological polar surface area (TPSA) is 38.9 Å². The van der Waals surface area contributed by atoms with E-state index in [4.69, 9.17) is 4.52 Å². The Morgan fingerprint density at radius 2 is 2.00 bits per heavy atom. The number of fused-ring (bicyclic) bond motifs is 1. The monoisotopic (exact) mass is 195 g/mol. The second kappa shape index (κ2) is 3.20. The second-order valence-electron chi connectivity index (χ2n) is 3.25. The van der Waals surface area contributed by atoms with Gasteiger partial charge in [-0.1, -0.05) is 36.4 Å². The zero-order valence-electron chi connectivity index (χ0n) is 7.84. The molecule has 1 radical (unpaired) electrons. The number of hydrogen-bond acceptors (Lipinski definition) is 3. The van der Waals surface area contributed by atoms with Gasteiger partial charge in [-0.2, -0.15) is 0 Å². The van der Waals surface area contributed by atoms with Crippen molar-refractivity contribution in [2.45, 2.75) is 0 Å². The summed E-state index contributed by atoms with van der Waals surface area (Å²) in [5.41, 5.74) is 1.61. The molecule has 0 spiro atoms. The molecule has 71 valence electrons. The molecule has 15 heavy (non-hydrogen) atoms. The van der Waals surface area contributed by atoms with Crippen molar-refractivity contribution in [2.75, 3.05) is 0 Å². The van der Waals surface area contributed by atoms with E-state index in [9.17, 15) is 0 Å². The van der Waals surface area contributed by atoms with E-state index in [-0.39, 0.29) is 0 Å². The van der Waals surface area contributed by atoms with Crippen molar-refractivity contribution in [1.29, 1.82) is 0 Å². The number of hydrogen-bond donors (Lipinski definition) is 0. The average Bonchev–Trinajstić information content (AvgIpc) is 2.82. The summed E-state index contributed by atoms with van der Waals surface area (Å²) in [6.45, 7) is 0. The van der Waals surface area contributed by atoms with Crippen LogP contribution in [-0.4, -0.2) is 10.4 Å². The molecule has 0 fully saturated rings. The van der Waals surface area contributed by atoms with Gasteiger partial charge in [0, 0.05) is 16.9 Å². The zero-order chi connectivity index (χ0) is 10.1. The van der Waals surface area contributed by atoms with E-state index in [2.05, 4.69) is 22.5 Å². The molecule has 3 rings (SSSR count). The van der Waals surface area contributed by atoms with E-state index in [0.29, 0.717) is 5.69 Å².